The molecule has 0 spiro atoms. The summed E-state index contributed by atoms with van der Waals surface area (Å²) in [6.07, 6.45) is 15.8. The fraction of sp³-hybridized carbons (Fsp3) is 0.536. The molecule has 0 saturated heterocycles. The zero-order valence-electron chi connectivity index (χ0n) is 20.1. The molecule has 0 fully saturated rings. The molecule has 0 bridgehead atoms. The standard InChI is InChI=1S/C28H41NO2/c1-5-6-7-8-9-10-11-12-15-28-23(2)21-26(29-24(28)3)14-13-20-31-22-25-16-18-27(30-4)19-17-25/h12,15-19,21H,5-11,13-14,20,22H2,1-4H3/b15-12+. The number of hydrogen-bond donors (Lipinski definition) is 0. The van der Waals surface area contributed by atoms with Crippen molar-refractivity contribution in [2.45, 2.75) is 85.2 Å². The maximum atomic E-state index is 5.83. The van der Waals surface area contributed by atoms with E-state index in [0.29, 0.717) is 6.61 Å². The molecule has 0 radical (unpaired) electrons. The van der Waals surface area contributed by atoms with Gasteiger partial charge in [0.05, 0.1) is 13.7 Å². The first-order valence-corrected chi connectivity index (χ1v) is 12.0. The third kappa shape index (κ3) is 9.69. The molecule has 0 atom stereocenters. The lowest BCUT2D eigenvalue weighted by molar-refractivity contribution is 0.118. The molecule has 2 aromatic rings. The van der Waals surface area contributed by atoms with Crippen LogP contribution in [0.4, 0.5) is 0 Å². The molecule has 0 aliphatic carbocycles. The van der Waals surface area contributed by atoms with E-state index >= 15 is 0 Å². The first-order chi connectivity index (χ1) is 15.1. The van der Waals surface area contributed by atoms with E-state index in [9.17, 15) is 0 Å². The Balaban J connectivity index is 1.69. The number of pyridine rings is 1. The zero-order valence-corrected chi connectivity index (χ0v) is 20.1. The molecular weight excluding hydrogens is 382 g/mol. The summed E-state index contributed by atoms with van der Waals surface area (Å²) in [4.78, 5) is 4.84. The number of aryl methyl sites for hydroxylation is 3. The lowest BCUT2D eigenvalue weighted by Gasteiger charge is -2.10. The Morgan fingerprint density at radius 1 is 0.935 bits per heavy atom. The molecule has 2 rings (SSSR count). The van der Waals surface area contributed by atoms with Crippen LogP contribution in [-0.2, 0) is 17.8 Å². The van der Waals surface area contributed by atoms with Crippen LogP contribution < -0.4 is 4.74 Å². The van der Waals surface area contributed by atoms with Crippen LogP contribution in [0, 0.1) is 13.8 Å². The minimum atomic E-state index is 0.637. The van der Waals surface area contributed by atoms with Gasteiger partial charge in [-0.15, -0.1) is 0 Å². The van der Waals surface area contributed by atoms with E-state index < -0.39 is 0 Å². The average Bonchev–Trinajstić information content (AvgIpc) is 2.77. The molecule has 0 aliphatic rings. The largest absolute Gasteiger partial charge is 0.497 e. The first kappa shape index (κ1) is 25.1. The lowest BCUT2D eigenvalue weighted by atomic mass is 10.0. The van der Waals surface area contributed by atoms with Gasteiger partial charge in [0.2, 0.25) is 0 Å². The van der Waals surface area contributed by atoms with Crippen LogP contribution in [0.5, 0.6) is 5.75 Å². The third-order valence-electron chi connectivity index (χ3n) is 5.67. The van der Waals surface area contributed by atoms with Crippen molar-refractivity contribution in [1.82, 2.24) is 4.98 Å². The second kappa shape index (κ2) is 14.8. The van der Waals surface area contributed by atoms with E-state index in [0.717, 1.165) is 43.0 Å². The molecule has 0 aliphatic heterocycles. The summed E-state index contributed by atoms with van der Waals surface area (Å²) >= 11 is 0. The number of allylic oxidation sites excluding steroid dienone is 1. The van der Waals surface area contributed by atoms with Gasteiger partial charge in [-0.3, -0.25) is 4.98 Å². The van der Waals surface area contributed by atoms with Gasteiger partial charge in [-0.1, -0.05) is 63.3 Å². The summed E-state index contributed by atoms with van der Waals surface area (Å²) in [6, 6.07) is 10.3. The minimum absolute atomic E-state index is 0.637. The van der Waals surface area contributed by atoms with Gasteiger partial charge in [0, 0.05) is 18.0 Å². The Morgan fingerprint density at radius 2 is 1.68 bits per heavy atom. The zero-order chi connectivity index (χ0) is 22.3. The monoisotopic (exact) mass is 423 g/mol. The normalized spacial score (nSPS) is 11.4. The molecule has 0 saturated carbocycles. The number of benzene rings is 1. The van der Waals surface area contributed by atoms with Gasteiger partial charge < -0.3 is 9.47 Å². The summed E-state index contributed by atoms with van der Waals surface area (Å²) in [7, 11) is 1.68. The molecule has 1 aromatic heterocycles. The van der Waals surface area contributed by atoms with Crippen LogP contribution in [0.3, 0.4) is 0 Å². The Labute approximate surface area is 189 Å². The predicted molar refractivity (Wildman–Crippen MR) is 132 cm³/mol. The molecule has 31 heavy (non-hydrogen) atoms. The minimum Gasteiger partial charge on any atom is -0.497 e. The molecule has 0 N–H and O–H groups in total. The second-order valence-electron chi connectivity index (χ2n) is 8.39. The molecule has 0 amide bonds. The highest BCUT2D eigenvalue weighted by atomic mass is 16.5. The summed E-state index contributed by atoms with van der Waals surface area (Å²) in [5.74, 6) is 0.876. The molecule has 1 heterocycles. The maximum absolute atomic E-state index is 5.83. The van der Waals surface area contributed by atoms with Crippen LogP contribution in [0.1, 0.15) is 86.4 Å². The van der Waals surface area contributed by atoms with Gasteiger partial charge in [0.1, 0.15) is 5.75 Å². The molecule has 170 valence electrons. The second-order valence-corrected chi connectivity index (χ2v) is 8.39. The summed E-state index contributed by atoms with van der Waals surface area (Å²) in [5, 5.41) is 0. The van der Waals surface area contributed by atoms with E-state index in [4.69, 9.17) is 14.5 Å². The van der Waals surface area contributed by atoms with Crippen molar-refractivity contribution in [2.24, 2.45) is 0 Å². The number of rotatable bonds is 15. The van der Waals surface area contributed by atoms with E-state index in [-0.39, 0.29) is 0 Å². The Kier molecular flexibility index (Phi) is 12.0. The molecule has 3 heteroatoms. The van der Waals surface area contributed by atoms with Crippen molar-refractivity contribution < 1.29 is 9.47 Å². The molecular formula is C28H41NO2. The fourth-order valence-corrected chi connectivity index (χ4v) is 3.81. The van der Waals surface area contributed by atoms with Gasteiger partial charge in [0.15, 0.2) is 0 Å². The summed E-state index contributed by atoms with van der Waals surface area (Å²) < 4.78 is 11.0. The number of unbranched alkanes of at least 4 members (excludes halogenated alkanes) is 6. The van der Waals surface area contributed by atoms with Crippen LogP contribution in [0.25, 0.3) is 6.08 Å². The van der Waals surface area contributed by atoms with E-state index in [2.05, 4.69) is 39.0 Å². The molecule has 3 nitrogen and oxygen atoms in total. The van der Waals surface area contributed by atoms with Crippen molar-refractivity contribution in [3.8, 4) is 5.75 Å². The smallest absolute Gasteiger partial charge is 0.118 e. The highest BCUT2D eigenvalue weighted by molar-refractivity contribution is 5.56. The number of aromatic nitrogens is 1. The van der Waals surface area contributed by atoms with Gasteiger partial charge >= 0.3 is 0 Å². The fourth-order valence-electron chi connectivity index (χ4n) is 3.81. The molecule has 0 unspecified atom stereocenters. The number of nitrogens with zero attached hydrogens (tertiary/aromatic N) is 1. The average molecular weight is 424 g/mol. The molecule has 1 aromatic carbocycles. The van der Waals surface area contributed by atoms with Gasteiger partial charge in [-0.05, 0) is 74.4 Å². The first-order valence-electron chi connectivity index (χ1n) is 12.0. The van der Waals surface area contributed by atoms with Crippen molar-refractivity contribution >= 4 is 6.08 Å². The Bertz CT molecular complexity index is 757. The predicted octanol–water partition coefficient (Wildman–Crippen LogP) is 7.62. The van der Waals surface area contributed by atoms with Crippen molar-refractivity contribution in [2.75, 3.05) is 13.7 Å². The van der Waals surface area contributed by atoms with Gasteiger partial charge in [-0.25, -0.2) is 0 Å². The Hall–Kier alpha value is -2.13. The quantitative estimate of drug-likeness (QED) is 0.276. The maximum Gasteiger partial charge on any atom is 0.118 e. The van der Waals surface area contributed by atoms with Crippen molar-refractivity contribution in [3.05, 3.63) is 64.5 Å². The number of methoxy groups -OCH3 is 1. The van der Waals surface area contributed by atoms with E-state index in [1.54, 1.807) is 7.11 Å². The van der Waals surface area contributed by atoms with Crippen LogP contribution >= 0.6 is 0 Å². The van der Waals surface area contributed by atoms with Crippen LogP contribution in [0.15, 0.2) is 36.4 Å². The van der Waals surface area contributed by atoms with E-state index in [1.165, 1.54) is 55.2 Å². The summed E-state index contributed by atoms with van der Waals surface area (Å²) in [6.45, 7) is 7.97. The van der Waals surface area contributed by atoms with Crippen LogP contribution in [-0.4, -0.2) is 18.7 Å². The highest BCUT2D eigenvalue weighted by Crippen LogP contribution is 2.18. The summed E-state index contributed by atoms with van der Waals surface area (Å²) in [5.41, 5.74) is 6.07. The third-order valence-corrected chi connectivity index (χ3v) is 5.67. The van der Waals surface area contributed by atoms with Crippen LogP contribution in [0.2, 0.25) is 0 Å². The SMILES string of the molecule is CCCCCCCC/C=C/c1c(C)cc(CCCOCc2ccc(OC)cc2)nc1C. The number of ether oxygens (including phenoxy) is 2. The van der Waals surface area contributed by atoms with Crippen molar-refractivity contribution in [1.29, 1.82) is 0 Å². The Morgan fingerprint density at radius 3 is 2.39 bits per heavy atom. The van der Waals surface area contributed by atoms with Gasteiger partial charge in [-0.2, -0.15) is 0 Å². The van der Waals surface area contributed by atoms with Crippen molar-refractivity contribution in [3.63, 3.8) is 0 Å². The number of hydrogen-bond acceptors (Lipinski definition) is 3. The highest BCUT2D eigenvalue weighted by Gasteiger charge is 2.05. The van der Waals surface area contributed by atoms with E-state index in [1.807, 2.05) is 24.3 Å². The lowest BCUT2D eigenvalue weighted by Crippen LogP contribution is -2.01. The van der Waals surface area contributed by atoms with Gasteiger partial charge in [0.25, 0.3) is 0 Å². The topological polar surface area (TPSA) is 31.4 Å².